The molecule has 0 fully saturated rings. The summed E-state index contributed by atoms with van der Waals surface area (Å²) < 4.78 is 15.0. The summed E-state index contributed by atoms with van der Waals surface area (Å²) in [6, 6.07) is 17.8. The van der Waals surface area contributed by atoms with Crippen molar-refractivity contribution in [3.8, 4) is 16.1 Å². The maximum atomic E-state index is 14.2. The number of nitrogen functional groups attached to an aromatic ring is 1. The number of rotatable bonds is 7. The van der Waals surface area contributed by atoms with E-state index in [1.807, 2.05) is 44.3 Å². The zero-order chi connectivity index (χ0) is 24.2. The number of halogens is 1. The molecule has 1 atom stereocenters. The molecule has 7 nitrogen and oxygen atoms in total. The van der Waals surface area contributed by atoms with E-state index in [2.05, 4.69) is 15.7 Å². The van der Waals surface area contributed by atoms with Gasteiger partial charge in [0.1, 0.15) is 17.2 Å². The van der Waals surface area contributed by atoms with Gasteiger partial charge in [0.25, 0.3) is 11.5 Å². The summed E-state index contributed by atoms with van der Waals surface area (Å²) >= 11 is 1.56. The summed E-state index contributed by atoms with van der Waals surface area (Å²) in [7, 11) is 1.89. The molecule has 0 aliphatic rings. The topological polar surface area (TPSA) is 102 Å². The zero-order valence-electron chi connectivity index (χ0n) is 18.7. The van der Waals surface area contributed by atoms with Crippen molar-refractivity contribution < 1.29 is 9.18 Å². The molecular weight excluding hydrogens is 453 g/mol. The minimum atomic E-state index is -0.603. The molecule has 0 aliphatic carbocycles. The van der Waals surface area contributed by atoms with Gasteiger partial charge in [-0.1, -0.05) is 18.2 Å². The van der Waals surface area contributed by atoms with Crippen LogP contribution >= 0.6 is 11.3 Å². The van der Waals surface area contributed by atoms with Gasteiger partial charge in [-0.3, -0.25) is 9.59 Å². The maximum Gasteiger partial charge on any atom is 0.272 e. The second-order valence-electron chi connectivity index (χ2n) is 7.76. The molecule has 4 rings (SSSR count). The molecule has 2 aromatic heterocycles. The molecule has 0 unspecified atom stereocenters. The Morgan fingerprint density at radius 3 is 2.71 bits per heavy atom. The number of thiophene rings is 1. The quantitative estimate of drug-likeness (QED) is 0.351. The van der Waals surface area contributed by atoms with Gasteiger partial charge in [0.05, 0.1) is 6.04 Å². The molecule has 0 saturated heterocycles. The molecule has 174 valence electrons. The smallest absolute Gasteiger partial charge is 0.272 e. The largest absolute Gasteiger partial charge is 0.399 e. The first-order valence-corrected chi connectivity index (χ1v) is 11.5. The Morgan fingerprint density at radius 1 is 1.15 bits per heavy atom. The van der Waals surface area contributed by atoms with Crippen LogP contribution in [0.3, 0.4) is 0 Å². The van der Waals surface area contributed by atoms with Gasteiger partial charge >= 0.3 is 0 Å². The van der Waals surface area contributed by atoms with Crippen LogP contribution in [0.15, 0.2) is 71.5 Å². The predicted octanol–water partition coefficient (Wildman–Crippen LogP) is 3.89. The monoisotopic (exact) mass is 477 g/mol. The van der Waals surface area contributed by atoms with Gasteiger partial charge in [0.15, 0.2) is 0 Å². The molecule has 0 radical (unpaired) electrons. The number of nitrogens with zero attached hydrogens (tertiary/aromatic N) is 2. The van der Waals surface area contributed by atoms with E-state index in [0.717, 1.165) is 25.6 Å². The molecule has 9 heteroatoms. The third-order valence-corrected chi connectivity index (χ3v) is 6.58. The Kier molecular flexibility index (Phi) is 6.85. The van der Waals surface area contributed by atoms with Gasteiger partial charge in [-0.05, 0) is 67.6 Å². The van der Waals surface area contributed by atoms with Crippen LogP contribution in [-0.4, -0.2) is 22.7 Å². The standard InChI is InChI=1S/C25H24FN5O2S/c1-15(22-10-11-23(34-22)18-13-17(27)8-7-16(18)14-28-2)29-25(33)20-9-12-24(32)31(30-20)21-6-4-3-5-19(21)26/h3-13,15,28H,14,27H2,1-2H3,(H,29,33)/t15-/m1/s1. The maximum absolute atomic E-state index is 14.2. The van der Waals surface area contributed by atoms with Crippen LogP contribution < -0.4 is 21.9 Å². The van der Waals surface area contributed by atoms with Crippen LogP contribution in [0.2, 0.25) is 0 Å². The minimum Gasteiger partial charge on any atom is -0.399 e. The van der Waals surface area contributed by atoms with Crippen LogP contribution in [0.25, 0.3) is 16.1 Å². The lowest BCUT2D eigenvalue weighted by atomic mass is 10.0. The molecule has 0 bridgehead atoms. The summed E-state index contributed by atoms with van der Waals surface area (Å²) in [5.41, 5.74) is 8.32. The van der Waals surface area contributed by atoms with Crippen molar-refractivity contribution in [3.05, 3.63) is 99.0 Å². The van der Waals surface area contributed by atoms with Gasteiger partial charge < -0.3 is 16.4 Å². The molecule has 0 spiro atoms. The lowest BCUT2D eigenvalue weighted by molar-refractivity contribution is 0.0933. The van der Waals surface area contributed by atoms with E-state index in [1.54, 1.807) is 17.4 Å². The highest BCUT2D eigenvalue weighted by Crippen LogP contribution is 2.34. The number of carbonyl (C=O) groups is 1. The van der Waals surface area contributed by atoms with Gasteiger partial charge in [0, 0.05) is 28.1 Å². The Hall–Kier alpha value is -3.82. The molecule has 2 heterocycles. The third-order valence-electron chi connectivity index (χ3n) is 5.28. The van der Waals surface area contributed by atoms with Crippen molar-refractivity contribution in [2.75, 3.05) is 12.8 Å². The van der Waals surface area contributed by atoms with E-state index in [1.165, 1.54) is 30.3 Å². The van der Waals surface area contributed by atoms with Gasteiger partial charge in [-0.2, -0.15) is 9.78 Å². The Balaban J connectivity index is 1.55. The lowest BCUT2D eigenvalue weighted by Crippen LogP contribution is -2.30. The van der Waals surface area contributed by atoms with Crippen molar-refractivity contribution in [3.63, 3.8) is 0 Å². The first-order valence-electron chi connectivity index (χ1n) is 10.7. The second-order valence-corrected chi connectivity index (χ2v) is 8.88. The Bertz CT molecular complexity index is 1400. The second kappa shape index (κ2) is 9.98. The molecule has 4 N–H and O–H groups in total. The number of benzene rings is 2. The van der Waals surface area contributed by atoms with E-state index < -0.39 is 17.3 Å². The molecule has 34 heavy (non-hydrogen) atoms. The number of anilines is 1. The van der Waals surface area contributed by atoms with Gasteiger partial charge in [-0.15, -0.1) is 11.3 Å². The van der Waals surface area contributed by atoms with Crippen molar-refractivity contribution in [2.24, 2.45) is 0 Å². The molecular formula is C25H24FN5O2S. The first kappa shape index (κ1) is 23.3. The van der Waals surface area contributed by atoms with E-state index in [0.29, 0.717) is 12.2 Å². The molecule has 0 aliphatic heterocycles. The van der Waals surface area contributed by atoms with Crippen LogP contribution in [0.1, 0.15) is 33.9 Å². The predicted molar refractivity (Wildman–Crippen MR) is 133 cm³/mol. The fraction of sp³-hybridized carbons (Fsp3) is 0.160. The van der Waals surface area contributed by atoms with E-state index >= 15 is 0 Å². The number of carbonyl (C=O) groups excluding carboxylic acids is 1. The first-order chi connectivity index (χ1) is 16.4. The molecule has 2 aromatic carbocycles. The van der Waals surface area contributed by atoms with Crippen molar-refractivity contribution in [1.29, 1.82) is 0 Å². The SMILES string of the molecule is CNCc1ccc(N)cc1-c1ccc([C@@H](C)NC(=O)c2ccc(=O)n(-c3ccccc3F)n2)s1. The summed E-state index contributed by atoms with van der Waals surface area (Å²) in [6.07, 6.45) is 0. The highest BCUT2D eigenvalue weighted by molar-refractivity contribution is 7.15. The van der Waals surface area contributed by atoms with Gasteiger partial charge in [-0.25, -0.2) is 4.39 Å². The zero-order valence-corrected chi connectivity index (χ0v) is 19.5. The fourth-order valence-corrected chi connectivity index (χ4v) is 4.63. The summed E-state index contributed by atoms with van der Waals surface area (Å²) in [5, 5.41) is 10.1. The Morgan fingerprint density at radius 2 is 1.94 bits per heavy atom. The van der Waals surface area contributed by atoms with Crippen LogP contribution in [-0.2, 0) is 6.54 Å². The summed E-state index contributed by atoms with van der Waals surface area (Å²) in [4.78, 5) is 27.1. The van der Waals surface area contributed by atoms with Crippen molar-refractivity contribution in [2.45, 2.75) is 19.5 Å². The third kappa shape index (κ3) is 4.90. The number of nitrogens with two attached hydrogens (primary N) is 1. The summed E-state index contributed by atoms with van der Waals surface area (Å²) in [6.45, 7) is 2.58. The van der Waals surface area contributed by atoms with Crippen LogP contribution in [0.5, 0.6) is 0 Å². The fourth-order valence-electron chi connectivity index (χ4n) is 3.57. The van der Waals surface area contributed by atoms with E-state index in [4.69, 9.17) is 5.73 Å². The van der Waals surface area contributed by atoms with Crippen LogP contribution in [0.4, 0.5) is 10.1 Å². The lowest BCUT2D eigenvalue weighted by Gasteiger charge is -2.13. The number of amides is 1. The Labute approximate surface area is 200 Å². The number of nitrogens with one attached hydrogen (secondary N) is 2. The molecule has 0 saturated carbocycles. The number of aromatic nitrogens is 2. The molecule has 4 aromatic rings. The normalized spacial score (nSPS) is 11.9. The number of hydrogen-bond donors (Lipinski definition) is 3. The number of para-hydroxylation sites is 1. The van der Waals surface area contributed by atoms with E-state index in [-0.39, 0.29) is 17.4 Å². The average Bonchev–Trinajstić information content (AvgIpc) is 3.31. The minimum absolute atomic E-state index is 0.0126. The van der Waals surface area contributed by atoms with Crippen LogP contribution in [0, 0.1) is 5.82 Å². The highest BCUT2D eigenvalue weighted by Gasteiger charge is 2.18. The van der Waals surface area contributed by atoms with Gasteiger partial charge in [0.2, 0.25) is 0 Å². The van der Waals surface area contributed by atoms with Crippen molar-refractivity contribution >= 4 is 22.9 Å². The van der Waals surface area contributed by atoms with Crippen molar-refractivity contribution in [1.82, 2.24) is 20.4 Å². The van der Waals surface area contributed by atoms with E-state index in [9.17, 15) is 14.0 Å². The summed E-state index contributed by atoms with van der Waals surface area (Å²) in [5.74, 6) is -1.07. The molecule has 1 amide bonds. The highest BCUT2D eigenvalue weighted by atomic mass is 32.1. The number of hydrogen-bond acceptors (Lipinski definition) is 6. The average molecular weight is 478 g/mol.